The Morgan fingerprint density at radius 3 is 2.60 bits per heavy atom. The molecule has 1 aliphatic carbocycles. The molecular formula is C21H28ClN3O3S2. The molecule has 1 N–H and O–H groups in total. The van der Waals surface area contributed by atoms with E-state index in [1.165, 1.54) is 62.1 Å². The van der Waals surface area contributed by atoms with Gasteiger partial charge in [0, 0.05) is 31.2 Å². The van der Waals surface area contributed by atoms with Crippen molar-refractivity contribution in [1.29, 1.82) is 0 Å². The molecular weight excluding hydrogens is 442 g/mol. The molecule has 1 aromatic heterocycles. The molecule has 2 heterocycles. The second kappa shape index (κ2) is 9.85. The Morgan fingerprint density at radius 2 is 1.93 bits per heavy atom. The van der Waals surface area contributed by atoms with E-state index in [1.54, 1.807) is 17.6 Å². The number of rotatable bonds is 7. The van der Waals surface area contributed by atoms with Crippen molar-refractivity contribution in [3.63, 3.8) is 0 Å². The second-order valence-electron chi connectivity index (χ2n) is 8.16. The van der Waals surface area contributed by atoms with Crippen molar-refractivity contribution >= 4 is 38.1 Å². The fourth-order valence-electron chi connectivity index (χ4n) is 4.32. The molecule has 4 rings (SSSR count). The highest BCUT2D eigenvalue weighted by atomic mass is 35.5. The second-order valence-corrected chi connectivity index (χ2v) is 11.1. The van der Waals surface area contributed by atoms with Crippen molar-refractivity contribution in [2.24, 2.45) is 5.92 Å². The number of benzene rings is 1. The van der Waals surface area contributed by atoms with Gasteiger partial charge >= 0.3 is 0 Å². The third kappa shape index (κ3) is 5.66. The van der Waals surface area contributed by atoms with Gasteiger partial charge < -0.3 is 9.64 Å². The van der Waals surface area contributed by atoms with Gasteiger partial charge in [0.2, 0.25) is 0 Å². The van der Waals surface area contributed by atoms with Gasteiger partial charge in [0.25, 0.3) is 10.0 Å². The van der Waals surface area contributed by atoms with Crippen LogP contribution in [-0.2, 0) is 10.0 Å². The maximum absolute atomic E-state index is 12.5. The largest absolute Gasteiger partial charge is 0.489 e. The highest BCUT2D eigenvalue weighted by Crippen LogP contribution is 2.31. The molecule has 0 radical (unpaired) electrons. The molecule has 0 spiro atoms. The summed E-state index contributed by atoms with van der Waals surface area (Å²) < 4.78 is 33.6. The number of ether oxygens (including phenoxy) is 1. The van der Waals surface area contributed by atoms with Crippen molar-refractivity contribution in [3.8, 4) is 5.75 Å². The zero-order valence-electron chi connectivity index (χ0n) is 16.9. The first-order valence-corrected chi connectivity index (χ1v) is 13.3. The van der Waals surface area contributed by atoms with Crippen molar-refractivity contribution in [2.45, 2.75) is 55.9 Å². The van der Waals surface area contributed by atoms with Crippen LogP contribution in [0.5, 0.6) is 5.75 Å². The maximum atomic E-state index is 12.5. The molecule has 2 aromatic rings. The van der Waals surface area contributed by atoms with Gasteiger partial charge in [-0.25, -0.2) is 13.4 Å². The molecule has 6 nitrogen and oxygen atoms in total. The lowest BCUT2D eigenvalue weighted by atomic mass is 9.88. The van der Waals surface area contributed by atoms with E-state index in [4.69, 9.17) is 16.3 Å². The normalized spacial score (nSPS) is 19.6. The minimum atomic E-state index is -3.73. The van der Waals surface area contributed by atoms with Crippen LogP contribution in [0.25, 0.3) is 0 Å². The molecule has 2 aliphatic rings. The summed E-state index contributed by atoms with van der Waals surface area (Å²) in [5, 5.41) is 2.34. The molecule has 164 valence electrons. The Bertz CT molecular complexity index is 923. The Hall–Kier alpha value is -1.35. The van der Waals surface area contributed by atoms with Gasteiger partial charge in [0.1, 0.15) is 11.9 Å². The molecule has 30 heavy (non-hydrogen) atoms. The van der Waals surface area contributed by atoms with Gasteiger partial charge in [-0.3, -0.25) is 4.72 Å². The average Bonchev–Trinajstić information content (AvgIpc) is 3.24. The molecule has 1 saturated heterocycles. The van der Waals surface area contributed by atoms with Crippen LogP contribution in [0.15, 0.2) is 34.7 Å². The predicted octanol–water partition coefficient (Wildman–Crippen LogP) is 5.02. The number of aromatic nitrogens is 1. The lowest BCUT2D eigenvalue weighted by Crippen LogP contribution is -2.41. The first-order valence-electron chi connectivity index (χ1n) is 10.6. The molecule has 0 unspecified atom stereocenters. The van der Waals surface area contributed by atoms with Crippen molar-refractivity contribution in [3.05, 3.63) is 34.8 Å². The molecule has 0 amide bonds. The monoisotopic (exact) mass is 469 g/mol. The summed E-state index contributed by atoms with van der Waals surface area (Å²) in [6.07, 6.45) is 10.5. The van der Waals surface area contributed by atoms with Gasteiger partial charge in [-0.15, -0.1) is 11.3 Å². The van der Waals surface area contributed by atoms with Crippen LogP contribution in [0.1, 0.15) is 44.9 Å². The van der Waals surface area contributed by atoms with E-state index in [9.17, 15) is 8.42 Å². The Morgan fingerprint density at radius 1 is 1.17 bits per heavy atom. The number of anilines is 1. The summed E-state index contributed by atoms with van der Waals surface area (Å²) in [7, 11) is -3.73. The van der Waals surface area contributed by atoms with E-state index in [-0.39, 0.29) is 11.0 Å². The first kappa shape index (κ1) is 21.9. The van der Waals surface area contributed by atoms with Crippen LogP contribution in [0.2, 0.25) is 5.02 Å². The van der Waals surface area contributed by atoms with Gasteiger partial charge in [-0.1, -0.05) is 30.9 Å². The number of sulfonamides is 1. The van der Waals surface area contributed by atoms with E-state index >= 15 is 0 Å². The molecule has 9 heteroatoms. The fraction of sp³-hybridized carbons (Fsp3) is 0.571. The number of likely N-dealkylation sites (tertiary alicyclic amines) is 1. The fourth-order valence-corrected chi connectivity index (χ4v) is 6.42. The van der Waals surface area contributed by atoms with Crippen LogP contribution >= 0.6 is 22.9 Å². The van der Waals surface area contributed by atoms with Crippen molar-refractivity contribution in [2.75, 3.05) is 24.4 Å². The van der Waals surface area contributed by atoms with Gasteiger partial charge in [0.15, 0.2) is 5.13 Å². The zero-order chi connectivity index (χ0) is 21.0. The van der Waals surface area contributed by atoms with E-state index in [1.807, 2.05) is 0 Å². The summed E-state index contributed by atoms with van der Waals surface area (Å²) in [6.45, 7) is 3.30. The minimum Gasteiger partial charge on any atom is -0.489 e. The predicted molar refractivity (Wildman–Crippen MR) is 121 cm³/mol. The van der Waals surface area contributed by atoms with Crippen molar-refractivity contribution < 1.29 is 13.2 Å². The smallest absolute Gasteiger partial charge is 0.263 e. The summed E-state index contributed by atoms with van der Waals surface area (Å²) in [4.78, 5) is 6.62. The quantitative estimate of drug-likeness (QED) is 0.616. The highest BCUT2D eigenvalue weighted by Gasteiger charge is 2.25. The molecule has 2 fully saturated rings. The van der Waals surface area contributed by atoms with Crippen LogP contribution in [0.4, 0.5) is 5.13 Å². The number of nitrogens with zero attached hydrogens (tertiary/aromatic N) is 2. The first-order chi connectivity index (χ1) is 14.5. The Labute approximate surface area is 187 Å². The number of halogens is 1. The van der Waals surface area contributed by atoms with E-state index < -0.39 is 10.0 Å². The summed E-state index contributed by atoms with van der Waals surface area (Å²) in [5.41, 5.74) is 0. The van der Waals surface area contributed by atoms with Gasteiger partial charge in [-0.2, -0.15) is 0 Å². The Kier molecular flexibility index (Phi) is 7.18. The van der Waals surface area contributed by atoms with E-state index in [0.717, 1.165) is 31.8 Å². The number of hydrogen-bond donors (Lipinski definition) is 1. The molecule has 1 saturated carbocycles. The maximum Gasteiger partial charge on any atom is 0.263 e. The number of thiazole rings is 1. The summed E-state index contributed by atoms with van der Waals surface area (Å²) >= 11 is 7.58. The Balaban J connectivity index is 1.31. The third-order valence-electron chi connectivity index (χ3n) is 5.94. The van der Waals surface area contributed by atoms with E-state index in [2.05, 4.69) is 14.6 Å². The average molecular weight is 470 g/mol. The topological polar surface area (TPSA) is 71.5 Å². The lowest BCUT2D eigenvalue weighted by molar-refractivity contribution is 0.0864. The van der Waals surface area contributed by atoms with Crippen LogP contribution in [0, 0.1) is 5.92 Å². The number of hydrogen-bond acceptors (Lipinski definition) is 6. The number of piperidine rings is 1. The minimum absolute atomic E-state index is 0.0948. The van der Waals surface area contributed by atoms with Crippen LogP contribution in [-0.4, -0.2) is 44.0 Å². The van der Waals surface area contributed by atoms with Gasteiger partial charge in [-0.05, 0) is 49.8 Å². The molecule has 1 aliphatic heterocycles. The van der Waals surface area contributed by atoms with Gasteiger partial charge in [0.05, 0.1) is 9.92 Å². The number of nitrogens with one attached hydrogen (secondary N) is 1. The van der Waals surface area contributed by atoms with Crippen LogP contribution < -0.4 is 9.46 Å². The van der Waals surface area contributed by atoms with Crippen LogP contribution in [0.3, 0.4) is 0 Å². The summed E-state index contributed by atoms with van der Waals surface area (Å²) in [5.74, 6) is 1.40. The standard InChI is InChI=1S/C21H28ClN3O3S2/c22-19-14-18(30(26,27)24-21-23-10-13-29-21)6-7-20(19)28-17-8-11-25(12-9-17)15-16-4-2-1-3-5-16/h6-7,10,13-14,16-17H,1-5,8-9,11-12,15H2,(H,23,24). The molecule has 0 bridgehead atoms. The zero-order valence-corrected chi connectivity index (χ0v) is 19.3. The lowest BCUT2D eigenvalue weighted by Gasteiger charge is -2.35. The third-order valence-corrected chi connectivity index (χ3v) is 8.39. The van der Waals surface area contributed by atoms with Crippen molar-refractivity contribution in [1.82, 2.24) is 9.88 Å². The highest BCUT2D eigenvalue weighted by molar-refractivity contribution is 7.93. The molecule has 1 aromatic carbocycles. The molecule has 0 atom stereocenters. The SMILES string of the molecule is O=S(=O)(Nc1nccs1)c1ccc(OC2CCN(CC3CCCCC3)CC2)c(Cl)c1. The summed E-state index contributed by atoms with van der Waals surface area (Å²) in [6, 6.07) is 4.60. The van der Waals surface area contributed by atoms with E-state index in [0.29, 0.717) is 15.9 Å².